The van der Waals surface area contributed by atoms with Crippen LogP contribution >= 0.6 is 0 Å². The van der Waals surface area contributed by atoms with Crippen molar-refractivity contribution >= 4 is 0 Å². The molecule has 1 heteroatoms. The standard InChI is InChI=1S/C13H16O/c14-13-8-9-4-3-7-12(13)11-6-2-1-5-10(9)11/h1-2,5-6,9,12-14H,3-4,7-8H2. The van der Waals surface area contributed by atoms with E-state index in [1.54, 1.807) is 0 Å². The maximum absolute atomic E-state index is 10.0. The molecule has 1 aromatic carbocycles. The quantitative estimate of drug-likeness (QED) is 0.663. The number of fused-ring (bicyclic) bond motifs is 3. The fourth-order valence-corrected chi connectivity index (χ4v) is 3.22. The Morgan fingerprint density at radius 2 is 1.86 bits per heavy atom. The first-order valence-electron chi connectivity index (χ1n) is 5.63. The van der Waals surface area contributed by atoms with Gasteiger partial charge in [-0.2, -0.15) is 0 Å². The van der Waals surface area contributed by atoms with E-state index in [0.29, 0.717) is 11.8 Å². The van der Waals surface area contributed by atoms with Gasteiger partial charge in [0.15, 0.2) is 0 Å². The number of aliphatic hydroxyl groups excluding tert-OH is 1. The predicted molar refractivity (Wildman–Crippen MR) is 56.4 cm³/mol. The maximum atomic E-state index is 10.0. The van der Waals surface area contributed by atoms with Gasteiger partial charge in [-0.25, -0.2) is 0 Å². The van der Waals surface area contributed by atoms with E-state index in [-0.39, 0.29) is 6.10 Å². The highest BCUT2D eigenvalue weighted by Crippen LogP contribution is 2.46. The molecule has 0 aromatic heterocycles. The molecule has 0 radical (unpaired) electrons. The van der Waals surface area contributed by atoms with Gasteiger partial charge < -0.3 is 5.11 Å². The predicted octanol–water partition coefficient (Wildman–Crippen LogP) is 2.80. The summed E-state index contributed by atoms with van der Waals surface area (Å²) in [5, 5.41) is 10.0. The van der Waals surface area contributed by atoms with Crippen LogP contribution in [0.3, 0.4) is 0 Å². The Bertz CT molecular complexity index is 345. The third-order valence-electron chi connectivity index (χ3n) is 3.89. The van der Waals surface area contributed by atoms with Crippen molar-refractivity contribution in [2.75, 3.05) is 0 Å². The van der Waals surface area contributed by atoms with E-state index >= 15 is 0 Å². The smallest absolute Gasteiger partial charge is 0.0614 e. The molecular formula is C13H16O. The largest absolute Gasteiger partial charge is 0.392 e. The minimum atomic E-state index is -0.0857. The van der Waals surface area contributed by atoms with Gasteiger partial charge in [-0.15, -0.1) is 0 Å². The second-order valence-corrected chi connectivity index (χ2v) is 4.67. The van der Waals surface area contributed by atoms with Gasteiger partial charge in [0.1, 0.15) is 0 Å². The van der Waals surface area contributed by atoms with Crippen LogP contribution in [0.25, 0.3) is 0 Å². The van der Waals surface area contributed by atoms with Gasteiger partial charge in [-0.1, -0.05) is 30.7 Å². The second kappa shape index (κ2) is 3.09. The fraction of sp³-hybridized carbons (Fsp3) is 0.538. The van der Waals surface area contributed by atoms with Crippen molar-refractivity contribution in [1.29, 1.82) is 0 Å². The summed E-state index contributed by atoms with van der Waals surface area (Å²) in [5.74, 6) is 1.05. The minimum Gasteiger partial charge on any atom is -0.392 e. The van der Waals surface area contributed by atoms with Crippen LogP contribution in [0.15, 0.2) is 24.3 Å². The van der Waals surface area contributed by atoms with E-state index in [1.165, 1.54) is 30.4 Å². The van der Waals surface area contributed by atoms with E-state index in [2.05, 4.69) is 24.3 Å². The monoisotopic (exact) mass is 188 g/mol. The van der Waals surface area contributed by atoms with E-state index in [9.17, 15) is 5.11 Å². The Balaban J connectivity index is 2.15. The van der Waals surface area contributed by atoms with E-state index in [4.69, 9.17) is 0 Å². The van der Waals surface area contributed by atoms with Crippen LogP contribution in [-0.2, 0) is 0 Å². The molecule has 4 rings (SSSR count). The molecule has 0 aliphatic heterocycles. The van der Waals surface area contributed by atoms with E-state index in [1.807, 2.05) is 0 Å². The molecule has 0 spiro atoms. The van der Waals surface area contributed by atoms with Crippen LogP contribution in [0.1, 0.15) is 48.6 Å². The van der Waals surface area contributed by atoms with Crippen LogP contribution in [0.4, 0.5) is 0 Å². The van der Waals surface area contributed by atoms with Gasteiger partial charge in [0.25, 0.3) is 0 Å². The molecule has 74 valence electrons. The van der Waals surface area contributed by atoms with Gasteiger partial charge >= 0.3 is 0 Å². The zero-order valence-electron chi connectivity index (χ0n) is 8.32. The molecule has 0 amide bonds. The highest BCUT2D eigenvalue weighted by molar-refractivity contribution is 5.37. The average Bonchev–Trinajstić information content (AvgIpc) is 2.49. The minimum absolute atomic E-state index is 0.0857. The van der Waals surface area contributed by atoms with Crippen LogP contribution in [0, 0.1) is 0 Å². The lowest BCUT2D eigenvalue weighted by Crippen LogP contribution is -2.25. The van der Waals surface area contributed by atoms with Crippen molar-refractivity contribution in [2.24, 2.45) is 0 Å². The molecule has 2 bridgehead atoms. The highest BCUT2D eigenvalue weighted by atomic mass is 16.3. The number of hydrogen-bond donors (Lipinski definition) is 1. The summed E-state index contributed by atoms with van der Waals surface area (Å²) < 4.78 is 0. The van der Waals surface area contributed by atoms with Crippen molar-refractivity contribution < 1.29 is 5.11 Å². The summed E-state index contributed by atoms with van der Waals surface area (Å²) in [5.41, 5.74) is 2.94. The van der Waals surface area contributed by atoms with Crippen LogP contribution < -0.4 is 0 Å². The lowest BCUT2D eigenvalue weighted by atomic mass is 9.76. The first-order chi connectivity index (χ1) is 6.86. The third kappa shape index (κ3) is 1.12. The average molecular weight is 188 g/mol. The lowest BCUT2D eigenvalue weighted by molar-refractivity contribution is 0.122. The van der Waals surface area contributed by atoms with Gasteiger partial charge in [-0.05, 0) is 36.3 Å². The third-order valence-corrected chi connectivity index (χ3v) is 3.89. The normalized spacial score (nSPS) is 35.1. The van der Waals surface area contributed by atoms with Gasteiger partial charge in [0.2, 0.25) is 0 Å². The van der Waals surface area contributed by atoms with Crippen molar-refractivity contribution in [2.45, 2.75) is 43.6 Å². The van der Waals surface area contributed by atoms with Gasteiger partial charge in [0.05, 0.1) is 6.10 Å². The SMILES string of the molecule is OC1CC2CCCC1c1ccccc12. The molecule has 1 aromatic rings. The summed E-state index contributed by atoms with van der Waals surface area (Å²) in [6, 6.07) is 8.70. The summed E-state index contributed by atoms with van der Waals surface area (Å²) in [7, 11) is 0. The number of aliphatic hydroxyl groups is 1. The summed E-state index contributed by atoms with van der Waals surface area (Å²) in [4.78, 5) is 0. The van der Waals surface area contributed by atoms with Crippen molar-refractivity contribution in [3.8, 4) is 0 Å². The zero-order valence-corrected chi connectivity index (χ0v) is 8.32. The molecule has 3 unspecified atom stereocenters. The Labute approximate surface area is 84.8 Å². The summed E-state index contributed by atoms with van der Waals surface area (Å²) >= 11 is 0. The van der Waals surface area contributed by atoms with Crippen molar-refractivity contribution in [3.05, 3.63) is 35.4 Å². The second-order valence-electron chi connectivity index (χ2n) is 4.67. The maximum Gasteiger partial charge on any atom is 0.0614 e. The van der Waals surface area contributed by atoms with Crippen molar-refractivity contribution in [3.63, 3.8) is 0 Å². The lowest BCUT2D eigenvalue weighted by Gasteiger charge is -2.31. The number of hydrogen-bond acceptors (Lipinski definition) is 1. The molecule has 0 saturated heterocycles. The Kier molecular flexibility index (Phi) is 1.88. The van der Waals surface area contributed by atoms with Crippen LogP contribution in [-0.4, -0.2) is 11.2 Å². The molecule has 1 fully saturated rings. The van der Waals surface area contributed by atoms with Crippen molar-refractivity contribution in [1.82, 2.24) is 0 Å². The molecule has 1 nitrogen and oxygen atoms in total. The summed E-state index contributed by atoms with van der Waals surface area (Å²) in [6.45, 7) is 0. The molecule has 0 heterocycles. The van der Waals surface area contributed by atoms with Gasteiger partial charge in [-0.3, -0.25) is 0 Å². The molecule has 1 N–H and O–H groups in total. The first kappa shape index (κ1) is 8.49. The fourth-order valence-electron chi connectivity index (χ4n) is 3.22. The van der Waals surface area contributed by atoms with Gasteiger partial charge in [0, 0.05) is 5.92 Å². The van der Waals surface area contributed by atoms with Crippen LogP contribution in [0.5, 0.6) is 0 Å². The van der Waals surface area contributed by atoms with E-state index < -0.39 is 0 Å². The molecular weight excluding hydrogens is 172 g/mol. The van der Waals surface area contributed by atoms with E-state index in [0.717, 1.165) is 6.42 Å². The zero-order chi connectivity index (χ0) is 9.54. The number of rotatable bonds is 0. The Morgan fingerprint density at radius 3 is 2.71 bits per heavy atom. The molecule has 14 heavy (non-hydrogen) atoms. The highest BCUT2D eigenvalue weighted by Gasteiger charge is 2.35. The topological polar surface area (TPSA) is 20.2 Å². The Morgan fingerprint density at radius 1 is 1.07 bits per heavy atom. The van der Waals surface area contributed by atoms with Crippen LogP contribution in [0.2, 0.25) is 0 Å². The summed E-state index contributed by atoms with van der Waals surface area (Å²) in [6.07, 6.45) is 4.62. The number of benzene rings is 1. The molecule has 1 saturated carbocycles. The molecule has 3 aliphatic rings. The molecule has 3 aliphatic carbocycles. The molecule has 3 atom stereocenters. The Hall–Kier alpha value is -0.820. The first-order valence-corrected chi connectivity index (χ1v) is 5.63.